The van der Waals surface area contributed by atoms with Crippen LogP contribution < -0.4 is 5.32 Å². The molecule has 5 rings (SSSR count). The Balaban J connectivity index is 1.27. The number of ether oxygens (including phenoxy) is 2. The zero-order chi connectivity index (χ0) is 33.6. The van der Waals surface area contributed by atoms with Crippen LogP contribution in [0.3, 0.4) is 0 Å². The minimum Gasteiger partial charge on any atom is -0.481 e. The number of hydrogen-bond donors (Lipinski definition) is 3. The first-order valence-electron chi connectivity index (χ1n) is 16.9. The first-order chi connectivity index (χ1) is 23.4. The van der Waals surface area contributed by atoms with E-state index in [4.69, 9.17) is 14.6 Å². The van der Waals surface area contributed by atoms with Gasteiger partial charge >= 0.3 is 5.97 Å². The van der Waals surface area contributed by atoms with Crippen LogP contribution in [0.1, 0.15) is 85.2 Å². The molecule has 8 nitrogen and oxygen atoms in total. The Bertz CT molecular complexity index is 1510. The Labute approximate surface area is 283 Å². The van der Waals surface area contributed by atoms with Gasteiger partial charge in [-0.25, -0.2) is 0 Å². The summed E-state index contributed by atoms with van der Waals surface area (Å²) in [5.41, 5.74) is 5.94. The maximum atomic E-state index is 12.5. The first kappa shape index (κ1) is 35.0. The van der Waals surface area contributed by atoms with Gasteiger partial charge in [0.1, 0.15) is 0 Å². The molecule has 3 atom stereocenters. The zero-order valence-electron chi connectivity index (χ0n) is 27.4. The van der Waals surface area contributed by atoms with E-state index in [9.17, 15) is 14.7 Å². The molecule has 0 unspecified atom stereocenters. The van der Waals surface area contributed by atoms with Crippen molar-refractivity contribution in [1.82, 2.24) is 4.90 Å². The highest BCUT2D eigenvalue weighted by Crippen LogP contribution is 2.38. The number of carboxylic acid groups (broad SMARTS) is 1. The Morgan fingerprint density at radius 2 is 1.27 bits per heavy atom. The molecular formula is C40H46N2O6. The third-order valence-electron chi connectivity index (χ3n) is 8.59. The summed E-state index contributed by atoms with van der Waals surface area (Å²) in [4.78, 5) is 25.6. The Kier molecular flexibility index (Phi) is 13.3. The number of nitrogens with one attached hydrogen (secondary N) is 1. The van der Waals surface area contributed by atoms with E-state index in [1.165, 1.54) is 11.1 Å². The van der Waals surface area contributed by atoms with Gasteiger partial charge < -0.3 is 25.0 Å². The smallest absolute Gasteiger partial charge is 0.303 e. The second-order valence-electron chi connectivity index (χ2n) is 12.5. The van der Waals surface area contributed by atoms with Crippen molar-refractivity contribution in [3.63, 3.8) is 0 Å². The van der Waals surface area contributed by atoms with Crippen molar-refractivity contribution in [3.8, 4) is 0 Å². The van der Waals surface area contributed by atoms with Crippen LogP contribution in [-0.2, 0) is 38.8 Å². The molecule has 1 aliphatic heterocycles. The summed E-state index contributed by atoms with van der Waals surface area (Å²) in [5, 5.41) is 21.3. The number of anilines is 1. The average Bonchev–Trinajstić information content (AvgIpc) is 3.11. The SMILES string of the molecule is O=C(O)CCCCCCC(=O)Nc1ccc([C@@H]2O[C@H](CN(Cc3ccccc3)Cc3ccccc3)C[C@H](c3ccc(CO)cc3)O2)cc1. The molecule has 1 saturated heterocycles. The van der Waals surface area contributed by atoms with E-state index in [2.05, 4.69) is 58.7 Å². The fraction of sp³-hybridized carbons (Fsp3) is 0.350. The molecule has 0 saturated carbocycles. The molecule has 4 aromatic carbocycles. The lowest BCUT2D eigenvalue weighted by atomic mass is 9.99. The average molecular weight is 651 g/mol. The van der Waals surface area contributed by atoms with Gasteiger partial charge in [0.05, 0.1) is 18.8 Å². The number of nitrogens with zero attached hydrogens (tertiary/aromatic N) is 1. The molecule has 252 valence electrons. The molecule has 4 aromatic rings. The van der Waals surface area contributed by atoms with E-state index < -0.39 is 12.3 Å². The summed E-state index contributed by atoms with van der Waals surface area (Å²) in [6, 6.07) is 36.5. The second-order valence-corrected chi connectivity index (χ2v) is 12.5. The molecule has 1 aliphatic rings. The van der Waals surface area contributed by atoms with E-state index in [1.807, 2.05) is 60.7 Å². The lowest BCUT2D eigenvalue weighted by molar-refractivity contribution is -0.253. The van der Waals surface area contributed by atoms with Crippen molar-refractivity contribution in [1.29, 1.82) is 0 Å². The molecule has 0 spiro atoms. The van der Waals surface area contributed by atoms with Crippen molar-refractivity contribution in [2.45, 2.75) is 83.1 Å². The number of aliphatic carboxylic acids is 1. The van der Waals surface area contributed by atoms with E-state index in [-0.39, 0.29) is 31.1 Å². The summed E-state index contributed by atoms with van der Waals surface area (Å²) < 4.78 is 13.2. The van der Waals surface area contributed by atoms with Gasteiger partial charge in [-0.05, 0) is 47.2 Å². The Morgan fingerprint density at radius 1 is 0.688 bits per heavy atom. The summed E-state index contributed by atoms with van der Waals surface area (Å²) in [6.07, 6.45) is 3.32. The molecular weight excluding hydrogens is 604 g/mol. The molecule has 1 amide bonds. The molecule has 8 heteroatoms. The first-order valence-corrected chi connectivity index (χ1v) is 16.9. The number of unbranched alkanes of at least 4 members (excludes halogenated alkanes) is 3. The van der Waals surface area contributed by atoms with Gasteiger partial charge in [-0.15, -0.1) is 0 Å². The van der Waals surface area contributed by atoms with E-state index in [0.29, 0.717) is 31.5 Å². The number of hydrogen-bond acceptors (Lipinski definition) is 6. The number of aliphatic hydroxyl groups is 1. The summed E-state index contributed by atoms with van der Waals surface area (Å²) >= 11 is 0. The third kappa shape index (κ3) is 11.1. The number of carboxylic acids is 1. The fourth-order valence-electron chi connectivity index (χ4n) is 6.05. The number of amides is 1. The largest absolute Gasteiger partial charge is 0.481 e. The molecule has 0 bridgehead atoms. The van der Waals surface area contributed by atoms with Gasteiger partial charge in [0.15, 0.2) is 6.29 Å². The lowest BCUT2D eigenvalue weighted by Gasteiger charge is -2.38. The van der Waals surface area contributed by atoms with Gasteiger partial charge in [-0.2, -0.15) is 0 Å². The van der Waals surface area contributed by atoms with Gasteiger partial charge in [0, 0.05) is 50.1 Å². The van der Waals surface area contributed by atoms with E-state index in [1.54, 1.807) is 0 Å². The van der Waals surface area contributed by atoms with Crippen LogP contribution in [0, 0.1) is 0 Å². The quantitative estimate of drug-likeness (QED) is 0.100. The predicted molar refractivity (Wildman–Crippen MR) is 186 cm³/mol. The van der Waals surface area contributed by atoms with Crippen LogP contribution in [0.2, 0.25) is 0 Å². The minimum atomic E-state index is -0.781. The Morgan fingerprint density at radius 3 is 1.85 bits per heavy atom. The number of carbonyl (C=O) groups is 2. The maximum absolute atomic E-state index is 12.5. The van der Waals surface area contributed by atoms with Gasteiger partial charge in [0.25, 0.3) is 0 Å². The standard InChI is InChI=1S/C40H46N2O6/c43-29-32-17-19-33(20-18-32)37-25-36(28-42(26-30-11-5-3-6-12-30)27-31-13-7-4-8-14-31)47-40(48-37)34-21-23-35(24-22-34)41-38(44)15-9-1-2-10-16-39(45)46/h3-8,11-14,17-24,36-37,40,43H,1-2,9-10,15-16,25-29H2,(H,41,44)(H,45,46)/t36-,37+,40+/m0/s1. The minimum absolute atomic E-state index is 0.0101. The van der Waals surface area contributed by atoms with E-state index >= 15 is 0 Å². The third-order valence-corrected chi connectivity index (χ3v) is 8.59. The van der Waals surface area contributed by atoms with Gasteiger partial charge in [-0.1, -0.05) is 110 Å². The van der Waals surface area contributed by atoms with Crippen molar-refractivity contribution in [2.75, 3.05) is 11.9 Å². The van der Waals surface area contributed by atoms with Crippen LogP contribution in [0.25, 0.3) is 0 Å². The van der Waals surface area contributed by atoms with Crippen LogP contribution in [0.4, 0.5) is 5.69 Å². The summed E-state index contributed by atoms with van der Waals surface area (Å²) in [6.45, 7) is 2.27. The maximum Gasteiger partial charge on any atom is 0.303 e. The highest BCUT2D eigenvalue weighted by Gasteiger charge is 2.33. The molecule has 48 heavy (non-hydrogen) atoms. The second kappa shape index (κ2) is 18.3. The number of benzene rings is 4. The van der Waals surface area contributed by atoms with Crippen LogP contribution in [0.5, 0.6) is 0 Å². The van der Waals surface area contributed by atoms with Gasteiger partial charge in [0.2, 0.25) is 5.91 Å². The number of rotatable bonds is 17. The molecule has 1 heterocycles. The van der Waals surface area contributed by atoms with E-state index in [0.717, 1.165) is 49.0 Å². The van der Waals surface area contributed by atoms with Gasteiger partial charge in [-0.3, -0.25) is 14.5 Å². The summed E-state index contributed by atoms with van der Waals surface area (Å²) in [5.74, 6) is -0.842. The fourth-order valence-corrected chi connectivity index (χ4v) is 6.05. The highest BCUT2D eigenvalue weighted by atomic mass is 16.7. The van der Waals surface area contributed by atoms with Crippen molar-refractivity contribution in [3.05, 3.63) is 137 Å². The van der Waals surface area contributed by atoms with Crippen LogP contribution in [0.15, 0.2) is 109 Å². The predicted octanol–water partition coefficient (Wildman–Crippen LogP) is 7.79. The molecule has 1 fully saturated rings. The van der Waals surface area contributed by atoms with Crippen molar-refractivity contribution < 1.29 is 29.3 Å². The topological polar surface area (TPSA) is 108 Å². The molecule has 0 aromatic heterocycles. The summed E-state index contributed by atoms with van der Waals surface area (Å²) in [7, 11) is 0. The van der Waals surface area contributed by atoms with Crippen molar-refractivity contribution >= 4 is 17.6 Å². The van der Waals surface area contributed by atoms with Crippen LogP contribution in [-0.4, -0.2) is 39.6 Å². The van der Waals surface area contributed by atoms with Crippen LogP contribution >= 0.6 is 0 Å². The molecule has 0 radical (unpaired) electrons. The molecule has 3 N–H and O–H groups in total. The monoisotopic (exact) mass is 650 g/mol. The normalized spacial score (nSPS) is 17.7. The molecule has 0 aliphatic carbocycles. The van der Waals surface area contributed by atoms with Crippen molar-refractivity contribution in [2.24, 2.45) is 0 Å². The highest BCUT2D eigenvalue weighted by molar-refractivity contribution is 5.90. The number of aliphatic hydroxyl groups excluding tert-OH is 1. The lowest BCUT2D eigenvalue weighted by Crippen LogP contribution is -2.39. The number of carbonyl (C=O) groups excluding carboxylic acids is 1. The Hall–Kier alpha value is -4.34. The zero-order valence-corrected chi connectivity index (χ0v) is 27.4.